The Morgan fingerprint density at radius 2 is 2.05 bits per heavy atom. The Kier molecular flexibility index (Phi) is 4.15. The molecule has 0 atom stereocenters. The van der Waals surface area contributed by atoms with Gasteiger partial charge in [-0.1, -0.05) is 12.1 Å². The van der Waals surface area contributed by atoms with E-state index in [2.05, 4.69) is 15.7 Å². The highest BCUT2D eigenvalue weighted by Gasteiger charge is 2.33. The summed E-state index contributed by atoms with van der Waals surface area (Å²) in [7, 11) is 1.73. The molecule has 1 heterocycles. The van der Waals surface area contributed by atoms with Crippen LogP contribution in [0.3, 0.4) is 0 Å². The molecule has 8 heteroatoms. The molecule has 2 amide bonds. The van der Waals surface area contributed by atoms with E-state index in [1.807, 2.05) is 0 Å². The van der Waals surface area contributed by atoms with Gasteiger partial charge < -0.3 is 10.6 Å². The summed E-state index contributed by atoms with van der Waals surface area (Å²) in [6.45, 7) is 0.174. The van der Waals surface area contributed by atoms with Gasteiger partial charge in [0.25, 0.3) is 0 Å². The lowest BCUT2D eigenvalue weighted by atomic mass is 10.1. The number of halogens is 3. The minimum atomic E-state index is -4.52. The minimum Gasteiger partial charge on any atom is -0.334 e. The third-order valence-corrected chi connectivity index (χ3v) is 2.69. The number of alkyl halides is 3. The lowest BCUT2D eigenvalue weighted by Crippen LogP contribution is -2.29. The number of anilines is 1. The van der Waals surface area contributed by atoms with E-state index in [1.54, 1.807) is 24.1 Å². The van der Waals surface area contributed by atoms with Crippen LogP contribution in [0.2, 0.25) is 0 Å². The third kappa shape index (κ3) is 3.98. The molecule has 0 spiro atoms. The van der Waals surface area contributed by atoms with Gasteiger partial charge in [-0.3, -0.25) is 4.68 Å². The first-order valence-corrected chi connectivity index (χ1v) is 6.05. The molecule has 0 saturated heterocycles. The van der Waals surface area contributed by atoms with Crippen LogP contribution in [0.25, 0.3) is 0 Å². The molecule has 0 aliphatic rings. The summed E-state index contributed by atoms with van der Waals surface area (Å²) in [6.07, 6.45) is -1.26. The monoisotopic (exact) mass is 298 g/mol. The van der Waals surface area contributed by atoms with E-state index in [1.165, 1.54) is 18.2 Å². The number of carbonyl (C=O) groups is 1. The largest absolute Gasteiger partial charge is 0.418 e. The van der Waals surface area contributed by atoms with Crippen LogP contribution in [0.4, 0.5) is 23.7 Å². The zero-order valence-corrected chi connectivity index (χ0v) is 11.1. The molecule has 0 radical (unpaired) electrons. The van der Waals surface area contributed by atoms with Crippen LogP contribution in [0, 0.1) is 0 Å². The highest BCUT2D eigenvalue weighted by molar-refractivity contribution is 5.90. The van der Waals surface area contributed by atoms with Crippen molar-refractivity contribution in [3.63, 3.8) is 0 Å². The highest BCUT2D eigenvalue weighted by atomic mass is 19.4. The van der Waals surface area contributed by atoms with Gasteiger partial charge in [0, 0.05) is 25.4 Å². The maximum atomic E-state index is 12.8. The van der Waals surface area contributed by atoms with Gasteiger partial charge in [0.15, 0.2) is 0 Å². The van der Waals surface area contributed by atoms with Crippen molar-refractivity contribution in [2.75, 3.05) is 5.32 Å². The van der Waals surface area contributed by atoms with E-state index in [0.717, 1.165) is 11.6 Å². The number of rotatable bonds is 3. The molecule has 2 N–H and O–H groups in total. The zero-order chi connectivity index (χ0) is 15.5. The van der Waals surface area contributed by atoms with Gasteiger partial charge in [-0.05, 0) is 12.1 Å². The summed E-state index contributed by atoms with van der Waals surface area (Å²) < 4.78 is 39.9. The molecule has 2 aromatic rings. The summed E-state index contributed by atoms with van der Waals surface area (Å²) >= 11 is 0. The first-order chi connectivity index (χ1) is 9.86. The molecule has 0 saturated carbocycles. The molecule has 2 rings (SSSR count). The number of nitrogens with one attached hydrogen (secondary N) is 2. The molecule has 0 bridgehead atoms. The van der Waals surface area contributed by atoms with Gasteiger partial charge in [0.05, 0.1) is 17.4 Å². The lowest BCUT2D eigenvalue weighted by molar-refractivity contribution is -0.136. The Bertz CT molecular complexity index is 636. The predicted molar refractivity (Wildman–Crippen MR) is 70.5 cm³/mol. The molecule has 112 valence electrons. The quantitative estimate of drug-likeness (QED) is 0.915. The van der Waals surface area contributed by atoms with Gasteiger partial charge >= 0.3 is 12.2 Å². The molecule has 21 heavy (non-hydrogen) atoms. The van der Waals surface area contributed by atoms with Crippen molar-refractivity contribution in [3.05, 3.63) is 47.8 Å². The number of hydrogen-bond acceptors (Lipinski definition) is 2. The van der Waals surface area contributed by atoms with E-state index in [0.29, 0.717) is 0 Å². The normalized spacial score (nSPS) is 11.2. The smallest absolute Gasteiger partial charge is 0.334 e. The number of para-hydroxylation sites is 1. The van der Waals surface area contributed by atoms with Crippen molar-refractivity contribution in [3.8, 4) is 0 Å². The summed E-state index contributed by atoms with van der Waals surface area (Å²) in [5, 5.41) is 8.59. The van der Waals surface area contributed by atoms with E-state index >= 15 is 0 Å². The fourth-order valence-electron chi connectivity index (χ4n) is 1.75. The Labute approximate surface area is 118 Å². The van der Waals surface area contributed by atoms with Crippen molar-refractivity contribution < 1.29 is 18.0 Å². The molecule has 1 aromatic carbocycles. The second-order valence-electron chi connectivity index (χ2n) is 4.37. The number of amides is 2. The number of aromatic nitrogens is 2. The first kappa shape index (κ1) is 14.9. The first-order valence-electron chi connectivity index (χ1n) is 6.05. The van der Waals surface area contributed by atoms with E-state index in [9.17, 15) is 18.0 Å². The number of benzene rings is 1. The van der Waals surface area contributed by atoms with Crippen LogP contribution in [0.5, 0.6) is 0 Å². The van der Waals surface area contributed by atoms with E-state index in [4.69, 9.17) is 0 Å². The van der Waals surface area contributed by atoms with E-state index in [-0.39, 0.29) is 12.2 Å². The number of urea groups is 1. The third-order valence-electron chi connectivity index (χ3n) is 2.69. The van der Waals surface area contributed by atoms with Crippen molar-refractivity contribution in [1.82, 2.24) is 15.1 Å². The van der Waals surface area contributed by atoms with Crippen LogP contribution < -0.4 is 10.6 Å². The van der Waals surface area contributed by atoms with Crippen molar-refractivity contribution in [1.29, 1.82) is 0 Å². The lowest BCUT2D eigenvalue weighted by Gasteiger charge is -2.13. The van der Waals surface area contributed by atoms with Crippen LogP contribution in [-0.4, -0.2) is 15.8 Å². The SMILES string of the molecule is Cn1cc(CNC(=O)Nc2ccccc2C(F)(F)F)cn1. The Morgan fingerprint density at radius 3 is 2.67 bits per heavy atom. The molecular weight excluding hydrogens is 285 g/mol. The van der Waals surface area contributed by atoms with E-state index < -0.39 is 17.8 Å². The number of nitrogens with zero attached hydrogens (tertiary/aromatic N) is 2. The van der Waals surface area contributed by atoms with Gasteiger partial charge in [-0.2, -0.15) is 18.3 Å². The summed E-state index contributed by atoms with van der Waals surface area (Å²) in [6, 6.07) is 4.09. The maximum Gasteiger partial charge on any atom is 0.418 e. The number of aryl methyl sites for hydroxylation is 1. The Morgan fingerprint density at radius 1 is 1.33 bits per heavy atom. The van der Waals surface area contributed by atoms with Crippen molar-refractivity contribution in [2.24, 2.45) is 7.05 Å². The summed E-state index contributed by atoms with van der Waals surface area (Å²) in [5.41, 5.74) is -0.424. The number of carbonyl (C=O) groups excluding carboxylic acids is 1. The fourth-order valence-corrected chi connectivity index (χ4v) is 1.75. The van der Waals surface area contributed by atoms with Crippen LogP contribution in [-0.2, 0) is 19.8 Å². The van der Waals surface area contributed by atoms with Crippen molar-refractivity contribution in [2.45, 2.75) is 12.7 Å². The average molecular weight is 298 g/mol. The molecule has 0 aliphatic carbocycles. The molecular formula is C13H13F3N4O. The molecule has 1 aromatic heterocycles. The van der Waals surface area contributed by atoms with Gasteiger partial charge in [-0.15, -0.1) is 0 Å². The highest BCUT2D eigenvalue weighted by Crippen LogP contribution is 2.34. The standard InChI is InChI=1S/C13H13F3N4O/c1-20-8-9(7-18-20)6-17-12(21)19-11-5-3-2-4-10(11)13(14,15)16/h2-5,7-8H,6H2,1H3,(H2,17,19,21). The second kappa shape index (κ2) is 5.86. The van der Waals surface area contributed by atoms with Gasteiger partial charge in [0.1, 0.15) is 0 Å². The summed E-state index contributed by atoms with van der Waals surface area (Å²) in [5.74, 6) is 0. The van der Waals surface area contributed by atoms with Crippen LogP contribution in [0.15, 0.2) is 36.7 Å². The molecule has 0 aliphatic heterocycles. The zero-order valence-electron chi connectivity index (χ0n) is 11.1. The molecule has 0 fully saturated rings. The van der Waals surface area contributed by atoms with Crippen molar-refractivity contribution >= 4 is 11.7 Å². The van der Waals surface area contributed by atoms with Crippen LogP contribution in [0.1, 0.15) is 11.1 Å². The molecule has 5 nitrogen and oxygen atoms in total. The topological polar surface area (TPSA) is 59.0 Å². The van der Waals surface area contributed by atoms with Gasteiger partial charge in [-0.25, -0.2) is 4.79 Å². The fraction of sp³-hybridized carbons (Fsp3) is 0.231. The second-order valence-corrected chi connectivity index (χ2v) is 4.37. The Hall–Kier alpha value is -2.51. The molecule has 0 unspecified atom stereocenters. The van der Waals surface area contributed by atoms with Crippen LogP contribution >= 0.6 is 0 Å². The predicted octanol–water partition coefficient (Wildman–Crippen LogP) is 2.76. The maximum absolute atomic E-state index is 12.8. The average Bonchev–Trinajstić information content (AvgIpc) is 2.82. The van der Waals surface area contributed by atoms with Gasteiger partial charge in [0.2, 0.25) is 0 Å². The minimum absolute atomic E-state index is 0.174. The summed E-state index contributed by atoms with van der Waals surface area (Å²) in [4.78, 5) is 11.7. The Balaban J connectivity index is 2.00. The number of hydrogen-bond donors (Lipinski definition) is 2.